The highest BCUT2D eigenvalue weighted by molar-refractivity contribution is 5.83. The Labute approximate surface area is 167 Å². The molecule has 1 aromatic carbocycles. The fraction of sp³-hybridized carbons (Fsp3) is 0.318. The van der Waals surface area contributed by atoms with Gasteiger partial charge in [0, 0.05) is 25.1 Å². The number of hydrogen-bond donors (Lipinski definition) is 1. The molecule has 1 N–H and O–H groups in total. The average Bonchev–Trinajstić information content (AvgIpc) is 3.22. The number of carbonyl (C=O) groups excluding carboxylic acids is 1. The first-order chi connectivity index (χ1) is 13.9. The topological polar surface area (TPSA) is 81.5 Å². The lowest BCUT2D eigenvalue weighted by Crippen LogP contribution is -2.29. The van der Waals surface area contributed by atoms with Crippen LogP contribution in [0.2, 0.25) is 0 Å². The van der Waals surface area contributed by atoms with E-state index in [2.05, 4.69) is 10.4 Å². The predicted molar refractivity (Wildman–Crippen MR) is 111 cm³/mol. The fourth-order valence-electron chi connectivity index (χ4n) is 3.70. The lowest BCUT2D eigenvalue weighted by Gasteiger charge is -2.14. The third kappa shape index (κ3) is 3.68. The van der Waals surface area contributed by atoms with Gasteiger partial charge in [-0.2, -0.15) is 5.10 Å². The molecule has 3 heterocycles. The Balaban J connectivity index is 1.44. The van der Waals surface area contributed by atoms with Crippen molar-refractivity contribution in [1.82, 2.24) is 19.5 Å². The van der Waals surface area contributed by atoms with Crippen molar-refractivity contribution in [3.8, 4) is 0 Å². The van der Waals surface area contributed by atoms with Gasteiger partial charge in [-0.25, -0.2) is 4.68 Å². The molecule has 0 saturated carbocycles. The minimum atomic E-state index is -0.183. The summed E-state index contributed by atoms with van der Waals surface area (Å²) in [6.07, 6.45) is 0.865. The molecule has 0 bridgehead atoms. The number of benzene rings is 1. The summed E-state index contributed by atoms with van der Waals surface area (Å²) in [4.78, 5) is 25.1. The molecule has 0 radical (unpaired) electrons. The molecule has 7 nitrogen and oxygen atoms in total. The van der Waals surface area contributed by atoms with Crippen LogP contribution in [0.5, 0.6) is 0 Å². The molecule has 4 rings (SSSR count). The Bertz CT molecular complexity index is 1230. The van der Waals surface area contributed by atoms with Gasteiger partial charge in [0.25, 0.3) is 5.56 Å². The number of aromatic nitrogens is 3. The highest BCUT2D eigenvalue weighted by Crippen LogP contribution is 2.22. The third-order valence-corrected chi connectivity index (χ3v) is 5.11. The van der Waals surface area contributed by atoms with E-state index >= 15 is 0 Å². The number of hydrogen-bond acceptors (Lipinski definition) is 4. The first kappa shape index (κ1) is 19.0. The van der Waals surface area contributed by atoms with E-state index in [4.69, 9.17) is 4.42 Å². The van der Waals surface area contributed by atoms with Crippen LogP contribution in [0.4, 0.5) is 0 Å². The minimum Gasteiger partial charge on any atom is -0.460 e. The van der Waals surface area contributed by atoms with Crippen molar-refractivity contribution in [2.45, 2.75) is 46.2 Å². The van der Waals surface area contributed by atoms with Gasteiger partial charge in [0.2, 0.25) is 5.91 Å². The van der Waals surface area contributed by atoms with Crippen LogP contribution in [0.3, 0.4) is 0 Å². The zero-order valence-corrected chi connectivity index (χ0v) is 16.8. The summed E-state index contributed by atoms with van der Waals surface area (Å²) in [5.41, 5.74) is 2.94. The third-order valence-electron chi connectivity index (χ3n) is 5.11. The summed E-state index contributed by atoms with van der Waals surface area (Å²) in [5.74, 6) is 1.46. The van der Waals surface area contributed by atoms with Gasteiger partial charge in [0.05, 0.1) is 11.6 Å². The number of nitrogens with one attached hydrogen (secondary N) is 1. The van der Waals surface area contributed by atoms with Gasteiger partial charge in [-0.3, -0.25) is 14.0 Å². The van der Waals surface area contributed by atoms with Gasteiger partial charge in [-0.05, 0) is 32.8 Å². The normalized spacial score (nSPS) is 12.5. The quantitative estimate of drug-likeness (QED) is 0.544. The molecular formula is C22H24N4O3. The standard InChI is InChI=1S/C22H24N4O3/c1-14-12-18-20(29-14)13-19-22(28)25(24-16(3)26(18)19)11-7-10-21(27)23-15(2)17-8-5-4-6-9-17/h4-6,8-9,12-13,15H,7,10-11H2,1-3H3,(H,23,27)/t15-/m1/s1. The van der Waals surface area contributed by atoms with Crippen LogP contribution in [-0.4, -0.2) is 20.1 Å². The van der Waals surface area contributed by atoms with Crippen LogP contribution in [-0.2, 0) is 11.3 Å². The monoisotopic (exact) mass is 392 g/mol. The SMILES string of the molecule is Cc1cc2c(cc3c(=O)n(CCCC(=O)N[C@H](C)c4ccccc4)nc(C)n32)o1. The van der Waals surface area contributed by atoms with E-state index in [0.29, 0.717) is 36.3 Å². The molecular weight excluding hydrogens is 368 g/mol. The molecule has 150 valence electrons. The molecule has 0 fully saturated rings. The van der Waals surface area contributed by atoms with Crippen molar-refractivity contribution >= 4 is 22.5 Å². The summed E-state index contributed by atoms with van der Waals surface area (Å²) >= 11 is 0. The average molecular weight is 392 g/mol. The summed E-state index contributed by atoms with van der Waals surface area (Å²) < 4.78 is 8.89. The largest absolute Gasteiger partial charge is 0.460 e. The summed E-state index contributed by atoms with van der Waals surface area (Å²) in [5, 5.41) is 7.43. The van der Waals surface area contributed by atoms with Crippen molar-refractivity contribution < 1.29 is 9.21 Å². The van der Waals surface area contributed by atoms with Crippen molar-refractivity contribution in [1.29, 1.82) is 0 Å². The van der Waals surface area contributed by atoms with Gasteiger partial charge in [0.1, 0.15) is 17.1 Å². The number of rotatable bonds is 6. The predicted octanol–water partition coefficient (Wildman–Crippen LogP) is 3.52. The first-order valence-electron chi connectivity index (χ1n) is 9.77. The second-order valence-corrected chi connectivity index (χ2v) is 7.35. The Hall–Kier alpha value is -3.35. The molecule has 7 heteroatoms. The molecule has 0 aliphatic carbocycles. The van der Waals surface area contributed by atoms with Crippen LogP contribution >= 0.6 is 0 Å². The van der Waals surface area contributed by atoms with Crippen molar-refractivity contribution in [3.05, 3.63) is 70.0 Å². The second kappa shape index (κ2) is 7.58. The van der Waals surface area contributed by atoms with Crippen LogP contribution in [0.1, 0.15) is 43.0 Å². The van der Waals surface area contributed by atoms with E-state index in [-0.39, 0.29) is 17.5 Å². The Morgan fingerprint density at radius 2 is 1.93 bits per heavy atom. The van der Waals surface area contributed by atoms with Crippen LogP contribution in [0.25, 0.3) is 16.6 Å². The lowest BCUT2D eigenvalue weighted by atomic mass is 10.1. The fourth-order valence-corrected chi connectivity index (χ4v) is 3.70. The molecule has 1 amide bonds. The molecule has 4 aromatic rings. The zero-order chi connectivity index (χ0) is 20.5. The second-order valence-electron chi connectivity index (χ2n) is 7.35. The number of nitrogens with zero attached hydrogens (tertiary/aromatic N) is 3. The van der Waals surface area contributed by atoms with E-state index in [0.717, 1.165) is 16.8 Å². The molecule has 29 heavy (non-hydrogen) atoms. The maximum absolute atomic E-state index is 12.8. The molecule has 0 saturated heterocycles. The van der Waals surface area contributed by atoms with Gasteiger partial charge in [-0.1, -0.05) is 30.3 Å². The van der Waals surface area contributed by atoms with E-state index < -0.39 is 0 Å². The van der Waals surface area contributed by atoms with Crippen molar-refractivity contribution in [2.24, 2.45) is 0 Å². The first-order valence-corrected chi connectivity index (χ1v) is 9.77. The maximum Gasteiger partial charge on any atom is 0.291 e. The van der Waals surface area contributed by atoms with Gasteiger partial charge in [-0.15, -0.1) is 0 Å². The number of furan rings is 1. The van der Waals surface area contributed by atoms with Gasteiger partial charge >= 0.3 is 0 Å². The Kier molecular flexibility index (Phi) is 4.96. The van der Waals surface area contributed by atoms with Crippen LogP contribution < -0.4 is 10.9 Å². The highest BCUT2D eigenvalue weighted by Gasteiger charge is 2.15. The van der Waals surface area contributed by atoms with E-state index in [9.17, 15) is 9.59 Å². The molecule has 0 spiro atoms. The Morgan fingerprint density at radius 3 is 2.69 bits per heavy atom. The maximum atomic E-state index is 12.8. The van der Waals surface area contributed by atoms with Gasteiger partial charge in [0.15, 0.2) is 5.58 Å². The molecule has 1 atom stereocenters. The number of amides is 1. The summed E-state index contributed by atoms with van der Waals surface area (Å²) in [6, 6.07) is 13.4. The van der Waals surface area contributed by atoms with Gasteiger partial charge < -0.3 is 9.73 Å². The van der Waals surface area contributed by atoms with E-state index in [1.165, 1.54) is 4.68 Å². The molecule has 0 aliphatic heterocycles. The molecule has 0 aliphatic rings. The highest BCUT2D eigenvalue weighted by atomic mass is 16.3. The smallest absolute Gasteiger partial charge is 0.291 e. The minimum absolute atomic E-state index is 0.0390. The molecule has 0 unspecified atom stereocenters. The van der Waals surface area contributed by atoms with Crippen molar-refractivity contribution in [3.63, 3.8) is 0 Å². The van der Waals surface area contributed by atoms with E-state index in [1.54, 1.807) is 6.07 Å². The number of carbonyl (C=O) groups is 1. The summed E-state index contributed by atoms with van der Waals surface area (Å²) in [7, 11) is 0. The summed E-state index contributed by atoms with van der Waals surface area (Å²) in [6.45, 7) is 6.08. The lowest BCUT2D eigenvalue weighted by molar-refractivity contribution is -0.121. The Morgan fingerprint density at radius 1 is 1.17 bits per heavy atom. The van der Waals surface area contributed by atoms with E-state index in [1.807, 2.05) is 61.6 Å². The number of fused-ring (bicyclic) bond motifs is 3. The molecule has 3 aromatic heterocycles. The van der Waals surface area contributed by atoms with Crippen LogP contribution in [0.15, 0.2) is 51.7 Å². The van der Waals surface area contributed by atoms with Crippen LogP contribution in [0, 0.1) is 13.8 Å². The van der Waals surface area contributed by atoms with Crippen molar-refractivity contribution in [2.75, 3.05) is 0 Å². The zero-order valence-electron chi connectivity index (χ0n) is 16.8. The number of aryl methyl sites for hydroxylation is 3.